The number of halogens is 3. The minimum atomic E-state index is -4.26. The number of rotatable bonds is 6. The van der Waals surface area contributed by atoms with Crippen molar-refractivity contribution in [3.05, 3.63) is 64.3 Å². The zero-order valence-corrected chi connectivity index (χ0v) is 19.9. The molecule has 12 heteroatoms. The second-order valence-corrected chi connectivity index (χ2v) is 9.76. The van der Waals surface area contributed by atoms with E-state index in [1.165, 1.54) is 30.6 Å². The number of nitrogen functional groups attached to an aromatic ring is 1. The van der Waals surface area contributed by atoms with E-state index in [4.69, 9.17) is 28.9 Å². The van der Waals surface area contributed by atoms with E-state index in [-0.39, 0.29) is 32.0 Å². The summed E-state index contributed by atoms with van der Waals surface area (Å²) in [6.07, 6.45) is 2.98. The van der Waals surface area contributed by atoms with Gasteiger partial charge in [-0.1, -0.05) is 35.3 Å². The van der Waals surface area contributed by atoms with Crippen LogP contribution in [0.25, 0.3) is 22.2 Å². The number of benzene rings is 2. The van der Waals surface area contributed by atoms with E-state index in [9.17, 15) is 8.42 Å². The molecule has 0 spiro atoms. The number of hydrogen-bond donors (Lipinski definition) is 3. The highest BCUT2D eigenvalue weighted by Crippen LogP contribution is 2.37. The summed E-state index contributed by atoms with van der Waals surface area (Å²) in [5, 5.41) is 3.54. The van der Waals surface area contributed by atoms with Crippen molar-refractivity contribution in [2.45, 2.75) is 11.4 Å². The molecule has 2 aromatic carbocycles. The van der Waals surface area contributed by atoms with Gasteiger partial charge in [-0.15, -0.1) is 0 Å². The van der Waals surface area contributed by atoms with E-state index >= 15 is 4.39 Å². The van der Waals surface area contributed by atoms with Gasteiger partial charge in [-0.3, -0.25) is 4.72 Å². The van der Waals surface area contributed by atoms with Gasteiger partial charge in [-0.25, -0.2) is 22.8 Å². The van der Waals surface area contributed by atoms with E-state index in [0.717, 1.165) is 0 Å². The van der Waals surface area contributed by atoms with Crippen molar-refractivity contribution in [1.29, 1.82) is 0 Å². The monoisotopic (exact) mass is 508 g/mol. The van der Waals surface area contributed by atoms with Crippen LogP contribution in [0.3, 0.4) is 0 Å². The van der Waals surface area contributed by atoms with E-state index < -0.39 is 15.8 Å². The summed E-state index contributed by atoms with van der Waals surface area (Å²) in [6, 6.07) is 7.14. The van der Waals surface area contributed by atoms with Crippen molar-refractivity contribution in [2.75, 3.05) is 17.5 Å². The van der Waals surface area contributed by atoms with Crippen LogP contribution in [0.2, 0.25) is 10.0 Å². The van der Waals surface area contributed by atoms with Crippen LogP contribution in [0.1, 0.15) is 5.56 Å². The van der Waals surface area contributed by atoms with Gasteiger partial charge < -0.3 is 15.6 Å². The van der Waals surface area contributed by atoms with Crippen molar-refractivity contribution < 1.29 is 12.8 Å². The SMILES string of the molecule is CNCc1cc(Cl)cc(S(=O)(=O)Nc2cccc(-c3cn(C)c4ncnc(N)c34)c2F)c1Cl. The minimum Gasteiger partial charge on any atom is -0.383 e. The lowest BCUT2D eigenvalue weighted by molar-refractivity contribution is 0.598. The largest absolute Gasteiger partial charge is 0.383 e. The van der Waals surface area contributed by atoms with E-state index in [0.29, 0.717) is 28.7 Å². The van der Waals surface area contributed by atoms with Gasteiger partial charge in [0.1, 0.15) is 22.7 Å². The molecular formula is C21H19Cl2FN6O2S. The number of aromatic nitrogens is 3. The average Bonchev–Trinajstić information content (AvgIpc) is 3.09. The average molecular weight is 509 g/mol. The molecule has 0 saturated carbocycles. The van der Waals surface area contributed by atoms with Crippen LogP contribution in [0, 0.1) is 5.82 Å². The van der Waals surface area contributed by atoms with Gasteiger partial charge in [0, 0.05) is 35.9 Å². The lowest BCUT2D eigenvalue weighted by atomic mass is 10.0. The second kappa shape index (κ2) is 8.79. The summed E-state index contributed by atoms with van der Waals surface area (Å²) in [6.45, 7) is 0.302. The van der Waals surface area contributed by atoms with Gasteiger partial charge in [0.05, 0.1) is 16.1 Å². The van der Waals surface area contributed by atoms with Crippen LogP contribution in [0.15, 0.2) is 47.8 Å². The number of hydrogen-bond acceptors (Lipinski definition) is 6. The Morgan fingerprint density at radius 3 is 2.67 bits per heavy atom. The molecule has 0 amide bonds. The van der Waals surface area contributed by atoms with Crippen molar-refractivity contribution in [1.82, 2.24) is 19.9 Å². The summed E-state index contributed by atoms with van der Waals surface area (Å²) in [4.78, 5) is 7.92. The van der Waals surface area contributed by atoms with Gasteiger partial charge in [0.25, 0.3) is 10.0 Å². The Labute approximate surface area is 199 Å². The molecular weight excluding hydrogens is 490 g/mol. The van der Waals surface area contributed by atoms with Gasteiger partial charge in [0.15, 0.2) is 5.82 Å². The molecule has 0 bridgehead atoms. The number of nitrogens with zero attached hydrogens (tertiary/aromatic N) is 3. The molecule has 0 radical (unpaired) electrons. The standard InChI is InChI=1S/C21H19Cl2FN6O2S/c1-26-8-11-6-12(22)7-16(18(11)23)33(31,32)29-15-5-3-4-13(19(15)24)14-9-30(2)21-17(14)20(25)27-10-28-21/h3-7,9-10,26,29H,8H2,1-2H3,(H2,25,27,28). The number of nitrogens with one attached hydrogen (secondary N) is 2. The summed E-state index contributed by atoms with van der Waals surface area (Å²) in [5.74, 6) is -0.603. The molecule has 0 aliphatic heterocycles. The van der Waals surface area contributed by atoms with Crippen molar-refractivity contribution in [3.8, 4) is 11.1 Å². The highest BCUT2D eigenvalue weighted by Gasteiger charge is 2.24. The topological polar surface area (TPSA) is 115 Å². The van der Waals surface area contributed by atoms with Gasteiger partial charge in [-0.2, -0.15) is 0 Å². The first-order chi connectivity index (χ1) is 15.6. The molecule has 4 rings (SSSR count). The quantitative estimate of drug-likeness (QED) is 0.359. The van der Waals surface area contributed by atoms with E-state index in [2.05, 4.69) is 20.0 Å². The Morgan fingerprint density at radius 2 is 1.94 bits per heavy atom. The summed E-state index contributed by atoms with van der Waals surface area (Å²) >= 11 is 12.4. The maximum absolute atomic E-state index is 15.6. The van der Waals surface area contributed by atoms with Crippen molar-refractivity contribution >= 4 is 55.8 Å². The molecule has 0 aliphatic rings. The lowest BCUT2D eigenvalue weighted by Gasteiger charge is -2.14. The smallest absolute Gasteiger partial charge is 0.263 e. The number of fused-ring (bicyclic) bond motifs is 1. The van der Waals surface area contributed by atoms with E-state index in [1.54, 1.807) is 30.9 Å². The zero-order chi connectivity index (χ0) is 23.9. The number of aryl methyl sites for hydroxylation is 1. The highest BCUT2D eigenvalue weighted by atomic mass is 35.5. The van der Waals surface area contributed by atoms with Crippen LogP contribution >= 0.6 is 23.2 Å². The number of nitrogens with two attached hydrogens (primary N) is 1. The Balaban J connectivity index is 1.81. The Kier molecular flexibility index (Phi) is 6.19. The molecule has 172 valence electrons. The maximum Gasteiger partial charge on any atom is 0.263 e. The van der Waals surface area contributed by atoms with Crippen LogP contribution < -0.4 is 15.8 Å². The van der Waals surface area contributed by atoms with Crippen LogP contribution in [0.5, 0.6) is 0 Å². The molecule has 33 heavy (non-hydrogen) atoms. The molecule has 2 aromatic heterocycles. The Morgan fingerprint density at radius 1 is 1.18 bits per heavy atom. The fraction of sp³-hybridized carbons (Fsp3) is 0.143. The fourth-order valence-electron chi connectivity index (χ4n) is 3.59. The molecule has 0 saturated heterocycles. The third-order valence-corrected chi connectivity index (χ3v) is 7.22. The van der Waals surface area contributed by atoms with Crippen LogP contribution in [-0.4, -0.2) is 30.0 Å². The first kappa shape index (κ1) is 23.2. The van der Waals surface area contributed by atoms with Gasteiger partial charge in [-0.05, 0) is 30.8 Å². The minimum absolute atomic E-state index is 0.00297. The third kappa shape index (κ3) is 4.22. The number of sulfonamides is 1. The first-order valence-electron chi connectivity index (χ1n) is 9.63. The summed E-state index contributed by atoms with van der Waals surface area (Å²) in [5.41, 5.74) is 7.33. The van der Waals surface area contributed by atoms with Gasteiger partial charge in [0.2, 0.25) is 0 Å². The molecule has 4 N–H and O–H groups in total. The molecule has 0 aliphatic carbocycles. The third-order valence-electron chi connectivity index (χ3n) is 5.05. The summed E-state index contributed by atoms with van der Waals surface area (Å²) < 4.78 is 45.8. The fourth-order valence-corrected chi connectivity index (χ4v) is 5.58. The summed E-state index contributed by atoms with van der Waals surface area (Å²) in [7, 11) is -0.830. The van der Waals surface area contributed by atoms with Crippen molar-refractivity contribution in [3.63, 3.8) is 0 Å². The van der Waals surface area contributed by atoms with Crippen LogP contribution in [0.4, 0.5) is 15.9 Å². The molecule has 2 heterocycles. The number of anilines is 2. The Bertz CT molecular complexity index is 1490. The van der Waals surface area contributed by atoms with Crippen molar-refractivity contribution in [2.24, 2.45) is 7.05 Å². The normalized spacial score (nSPS) is 11.8. The predicted octanol–water partition coefficient (Wildman–Crippen LogP) is 4.18. The predicted molar refractivity (Wildman–Crippen MR) is 128 cm³/mol. The van der Waals surface area contributed by atoms with E-state index in [1.807, 2.05) is 0 Å². The molecule has 4 aromatic rings. The molecule has 0 fully saturated rings. The van der Waals surface area contributed by atoms with Gasteiger partial charge >= 0.3 is 0 Å². The molecule has 0 atom stereocenters. The first-order valence-corrected chi connectivity index (χ1v) is 11.9. The highest BCUT2D eigenvalue weighted by molar-refractivity contribution is 7.92. The zero-order valence-electron chi connectivity index (χ0n) is 17.5. The Hall–Kier alpha value is -2.92. The molecule has 8 nitrogen and oxygen atoms in total. The molecule has 0 unspecified atom stereocenters. The lowest BCUT2D eigenvalue weighted by Crippen LogP contribution is -2.16. The second-order valence-electron chi connectivity index (χ2n) is 7.29. The maximum atomic E-state index is 15.6. The van der Waals surface area contributed by atoms with Crippen LogP contribution in [-0.2, 0) is 23.6 Å².